The van der Waals surface area contributed by atoms with Crippen molar-refractivity contribution < 1.29 is 19.0 Å². The van der Waals surface area contributed by atoms with E-state index < -0.39 is 11.8 Å². The molecule has 2 N–H and O–H groups in total. The van der Waals surface area contributed by atoms with Gasteiger partial charge in [0, 0.05) is 41.1 Å². The molecule has 0 bridgehead atoms. The third-order valence-electron chi connectivity index (χ3n) is 5.40. The van der Waals surface area contributed by atoms with Gasteiger partial charge in [0.15, 0.2) is 0 Å². The minimum Gasteiger partial charge on any atom is -0.496 e. The number of anilines is 1. The Morgan fingerprint density at radius 1 is 1.26 bits per heavy atom. The Morgan fingerprint density at radius 2 is 2.09 bits per heavy atom. The fraction of sp³-hybridized carbons (Fsp3) is 0.200. The Bertz CT molecular complexity index is 1450. The standard InChI is InChI=1S/C25H22FN5O3S/c1-3-35-23-8-15(4-5-18(23)25(32)33)20-12-24(30-14-29-20)28-6-7-31-17(13-27)11-19-21(31)9-16(26)10-22(19)34-2/h4-5,8-12,14H,3,6-7H2,1-2H3,(H,32,33)(H,28,29,30). The van der Waals surface area contributed by atoms with Crippen molar-refractivity contribution in [3.63, 3.8) is 0 Å². The van der Waals surface area contributed by atoms with E-state index in [4.69, 9.17) is 4.74 Å². The molecule has 8 nitrogen and oxygen atoms in total. The number of nitrogens with zero attached hydrogens (tertiary/aromatic N) is 4. The average Bonchev–Trinajstić information content (AvgIpc) is 3.21. The number of aromatic nitrogens is 3. The molecule has 0 aliphatic heterocycles. The molecular weight excluding hydrogens is 469 g/mol. The van der Waals surface area contributed by atoms with Gasteiger partial charge in [0.2, 0.25) is 0 Å². The molecule has 178 valence electrons. The molecule has 2 aromatic carbocycles. The number of fused-ring (bicyclic) bond motifs is 1. The molecule has 2 heterocycles. The van der Waals surface area contributed by atoms with Gasteiger partial charge in [-0.3, -0.25) is 0 Å². The van der Waals surface area contributed by atoms with Crippen molar-refractivity contribution in [3.05, 3.63) is 65.9 Å². The van der Waals surface area contributed by atoms with Gasteiger partial charge in [0.05, 0.1) is 23.9 Å². The smallest absolute Gasteiger partial charge is 0.336 e. The van der Waals surface area contributed by atoms with Crippen LogP contribution in [0.1, 0.15) is 23.0 Å². The van der Waals surface area contributed by atoms with Crippen LogP contribution in [0, 0.1) is 17.1 Å². The molecular formula is C25H22FN5O3S. The van der Waals surface area contributed by atoms with Crippen molar-refractivity contribution in [2.45, 2.75) is 18.4 Å². The zero-order valence-electron chi connectivity index (χ0n) is 19.1. The molecule has 0 saturated heterocycles. The maximum Gasteiger partial charge on any atom is 0.336 e. The van der Waals surface area contributed by atoms with Crippen LogP contribution in [0.25, 0.3) is 22.2 Å². The monoisotopic (exact) mass is 491 g/mol. The van der Waals surface area contributed by atoms with Gasteiger partial charge in [-0.2, -0.15) is 5.26 Å². The van der Waals surface area contributed by atoms with E-state index in [0.717, 1.165) is 11.3 Å². The van der Waals surface area contributed by atoms with E-state index in [9.17, 15) is 19.6 Å². The van der Waals surface area contributed by atoms with Crippen LogP contribution < -0.4 is 10.1 Å². The first kappa shape index (κ1) is 24.0. The summed E-state index contributed by atoms with van der Waals surface area (Å²) in [6.07, 6.45) is 1.43. The van der Waals surface area contributed by atoms with Gasteiger partial charge in [-0.15, -0.1) is 11.8 Å². The quantitative estimate of drug-likeness (QED) is 0.313. The zero-order valence-corrected chi connectivity index (χ0v) is 19.9. The van der Waals surface area contributed by atoms with Gasteiger partial charge in [0.25, 0.3) is 0 Å². The van der Waals surface area contributed by atoms with Crippen molar-refractivity contribution in [3.8, 4) is 23.1 Å². The lowest BCUT2D eigenvalue weighted by atomic mass is 10.1. The number of carboxylic acid groups (broad SMARTS) is 1. The minimum atomic E-state index is -0.968. The summed E-state index contributed by atoms with van der Waals surface area (Å²) in [6, 6.07) is 13.4. The molecule has 0 atom stereocenters. The number of carbonyl (C=O) groups is 1. The second kappa shape index (κ2) is 10.4. The molecule has 0 fully saturated rings. The van der Waals surface area contributed by atoms with E-state index in [-0.39, 0.29) is 5.56 Å². The number of ether oxygens (including phenoxy) is 1. The summed E-state index contributed by atoms with van der Waals surface area (Å²) in [7, 11) is 1.46. The molecule has 10 heteroatoms. The first-order valence-electron chi connectivity index (χ1n) is 10.8. The number of methoxy groups -OCH3 is 1. The molecule has 4 aromatic rings. The van der Waals surface area contributed by atoms with Crippen LogP contribution in [-0.2, 0) is 6.54 Å². The van der Waals surface area contributed by atoms with Crippen LogP contribution in [0.4, 0.5) is 10.2 Å². The summed E-state index contributed by atoms with van der Waals surface area (Å²) in [4.78, 5) is 20.8. The van der Waals surface area contributed by atoms with E-state index in [1.807, 2.05) is 13.0 Å². The Kier molecular flexibility index (Phi) is 7.17. The Hall–Kier alpha value is -4.10. The fourth-order valence-corrected chi connectivity index (χ4v) is 4.67. The highest BCUT2D eigenvalue weighted by Crippen LogP contribution is 2.31. The van der Waals surface area contributed by atoms with Crippen LogP contribution >= 0.6 is 11.8 Å². The molecule has 0 amide bonds. The zero-order chi connectivity index (χ0) is 24.9. The van der Waals surface area contributed by atoms with Gasteiger partial charge < -0.3 is 19.7 Å². The fourth-order valence-electron chi connectivity index (χ4n) is 3.84. The van der Waals surface area contributed by atoms with E-state index in [2.05, 4.69) is 21.4 Å². The number of nitriles is 1. The summed E-state index contributed by atoms with van der Waals surface area (Å²) in [6.45, 7) is 2.78. The number of hydrogen-bond acceptors (Lipinski definition) is 7. The number of carboxylic acids is 1. The molecule has 0 unspecified atom stereocenters. The van der Waals surface area contributed by atoms with Crippen LogP contribution in [0.15, 0.2) is 53.7 Å². The minimum absolute atomic E-state index is 0.258. The predicted octanol–water partition coefficient (Wildman–Crippen LogP) is 5.04. The van der Waals surface area contributed by atoms with Crippen LogP contribution in [-0.4, -0.2) is 45.0 Å². The van der Waals surface area contributed by atoms with Gasteiger partial charge in [0.1, 0.15) is 35.5 Å². The maximum absolute atomic E-state index is 14.1. The largest absolute Gasteiger partial charge is 0.496 e. The summed E-state index contributed by atoms with van der Waals surface area (Å²) in [5, 5.41) is 22.9. The topological polar surface area (TPSA) is 113 Å². The van der Waals surface area contributed by atoms with Gasteiger partial charge in [-0.05, 0) is 30.0 Å². The summed E-state index contributed by atoms with van der Waals surface area (Å²) < 4.78 is 21.1. The van der Waals surface area contributed by atoms with Crippen LogP contribution in [0.3, 0.4) is 0 Å². The SMILES string of the molecule is CCSc1cc(-c2cc(NCCn3c(C#N)cc4c(OC)cc(F)cc43)ncn2)ccc1C(=O)O. The lowest BCUT2D eigenvalue weighted by molar-refractivity contribution is 0.0693. The second-order valence-corrected chi connectivity index (χ2v) is 8.80. The first-order chi connectivity index (χ1) is 16.9. The highest BCUT2D eigenvalue weighted by atomic mass is 32.2. The average molecular weight is 492 g/mol. The predicted molar refractivity (Wildman–Crippen MR) is 132 cm³/mol. The first-order valence-corrected chi connectivity index (χ1v) is 11.8. The maximum atomic E-state index is 14.1. The molecule has 0 aliphatic carbocycles. The highest BCUT2D eigenvalue weighted by Gasteiger charge is 2.15. The number of aromatic carboxylic acids is 1. The van der Waals surface area contributed by atoms with Crippen molar-refractivity contribution >= 4 is 34.5 Å². The third kappa shape index (κ3) is 5.05. The molecule has 4 rings (SSSR count). The second-order valence-electron chi connectivity index (χ2n) is 7.50. The third-order valence-corrected chi connectivity index (χ3v) is 6.34. The molecule has 0 spiro atoms. The molecule has 35 heavy (non-hydrogen) atoms. The van der Waals surface area contributed by atoms with Gasteiger partial charge in [-0.1, -0.05) is 13.0 Å². The highest BCUT2D eigenvalue weighted by molar-refractivity contribution is 7.99. The van der Waals surface area contributed by atoms with Gasteiger partial charge >= 0.3 is 5.97 Å². The van der Waals surface area contributed by atoms with Crippen LogP contribution in [0.2, 0.25) is 0 Å². The molecule has 0 saturated carbocycles. The van der Waals surface area contributed by atoms with Gasteiger partial charge in [-0.25, -0.2) is 19.2 Å². The normalized spacial score (nSPS) is 10.8. The molecule has 0 aliphatic rings. The van der Waals surface area contributed by atoms with E-state index >= 15 is 0 Å². The lowest BCUT2D eigenvalue weighted by Crippen LogP contribution is -2.12. The van der Waals surface area contributed by atoms with E-state index in [1.54, 1.807) is 28.8 Å². The number of hydrogen-bond donors (Lipinski definition) is 2. The number of nitrogens with one attached hydrogen (secondary N) is 1. The lowest BCUT2D eigenvalue weighted by Gasteiger charge is -2.11. The van der Waals surface area contributed by atoms with Crippen LogP contribution in [0.5, 0.6) is 5.75 Å². The Morgan fingerprint density at radius 3 is 2.80 bits per heavy atom. The number of rotatable bonds is 9. The summed E-state index contributed by atoms with van der Waals surface area (Å²) in [5.74, 6) is 0.277. The number of thioether (sulfide) groups is 1. The number of benzene rings is 2. The summed E-state index contributed by atoms with van der Waals surface area (Å²) >= 11 is 1.46. The Balaban J connectivity index is 1.55. The van der Waals surface area contributed by atoms with Crippen molar-refractivity contribution in [2.24, 2.45) is 0 Å². The molecule has 2 aromatic heterocycles. The Labute approximate surface area is 205 Å². The van der Waals surface area contributed by atoms with E-state index in [0.29, 0.717) is 51.8 Å². The van der Waals surface area contributed by atoms with Crippen molar-refractivity contribution in [2.75, 3.05) is 24.7 Å². The molecule has 0 radical (unpaired) electrons. The summed E-state index contributed by atoms with van der Waals surface area (Å²) in [5.41, 5.74) is 2.65. The van der Waals surface area contributed by atoms with E-state index in [1.165, 1.54) is 37.3 Å². The van der Waals surface area contributed by atoms with Crippen molar-refractivity contribution in [1.29, 1.82) is 5.26 Å². The van der Waals surface area contributed by atoms with Crippen molar-refractivity contribution in [1.82, 2.24) is 14.5 Å². The number of halogens is 1.